The number of amides is 1. The molecule has 3 nitrogen and oxygen atoms in total. The summed E-state index contributed by atoms with van der Waals surface area (Å²) in [7, 11) is 1.98. The van der Waals surface area contributed by atoms with Crippen LogP contribution in [0.2, 0.25) is 0 Å². The molecule has 4 heteroatoms. The van der Waals surface area contributed by atoms with Gasteiger partial charge < -0.3 is 10.2 Å². The zero-order valence-electron chi connectivity index (χ0n) is 12.0. The van der Waals surface area contributed by atoms with Crippen LogP contribution in [0.4, 0.5) is 0 Å². The topological polar surface area (TPSA) is 32.3 Å². The lowest BCUT2D eigenvalue weighted by atomic mass is 9.94. The van der Waals surface area contributed by atoms with Gasteiger partial charge in [0.25, 0.3) is 0 Å². The minimum Gasteiger partial charge on any atom is -0.342 e. The molecule has 1 unspecified atom stereocenters. The number of carbonyl (C=O) groups excluding carboxylic acids is 1. The van der Waals surface area contributed by atoms with Gasteiger partial charge in [-0.15, -0.1) is 12.4 Å². The second-order valence-corrected chi connectivity index (χ2v) is 5.91. The van der Waals surface area contributed by atoms with Crippen molar-refractivity contribution in [2.24, 2.45) is 5.92 Å². The summed E-state index contributed by atoms with van der Waals surface area (Å²) in [6.07, 6.45) is 3.17. The van der Waals surface area contributed by atoms with E-state index in [-0.39, 0.29) is 17.8 Å². The first-order chi connectivity index (χ1) is 9.26. The SMILES string of the molecule is CNCC1CCN(C(=O)C2(c3ccccc3)CC2)C1.Cl. The van der Waals surface area contributed by atoms with E-state index < -0.39 is 0 Å². The zero-order chi connectivity index (χ0) is 13.3. The molecule has 0 aromatic heterocycles. The fraction of sp³-hybridized carbons (Fsp3) is 0.562. The highest BCUT2D eigenvalue weighted by atomic mass is 35.5. The fourth-order valence-electron chi connectivity index (χ4n) is 3.28. The van der Waals surface area contributed by atoms with Gasteiger partial charge in [0.2, 0.25) is 5.91 Å². The Bertz CT molecular complexity index is 459. The molecule has 0 bridgehead atoms. The van der Waals surface area contributed by atoms with Crippen molar-refractivity contribution in [2.75, 3.05) is 26.7 Å². The average Bonchev–Trinajstić information content (AvgIpc) is 3.14. The summed E-state index contributed by atoms with van der Waals surface area (Å²) >= 11 is 0. The van der Waals surface area contributed by atoms with Crippen molar-refractivity contribution in [3.05, 3.63) is 35.9 Å². The number of rotatable bonds is 4. The molecule has 2 fully saturated rings. The molecule has 1 atom stereocenters. The number of hydrogen-bond donors (Lipinski definition) is 1. The second-order valence-electron chi connectivity index (χ2n) is 5.91. The van der Waals surface area contributed by atoms with E-state index in [0.29, 0.717) is 11.8 Å². The Morgan fingerprint density at radius 1 is 1.35 bits per heavy atom. The number of nitrogens with zero attached hydrogens (tertiary/aromatic N) is 1. The number of nitrogens with one attached hydrogen (secondary N) is 1. The van der Waals surface area contributed by atoms with Crippen molar-refractivity contribution in [3.8, 4) is 0 Å². The van der Waals surface area contributed by atoms with Crippen LogP contribution in [-0.2, 0) is 10.2 Å². The fourth-order valence-corrected chi connectivity index (χ4v) is 3.28. The van der Waals surface area contributed by atoms with Gasteiger partial charge in [0.1, 0.15) is 0 Å². The van der Waals surface area contributed by atoms with Crippen LogP contribution >= 0.6 is 12.4 Å². The molecule has 1 N–H and O–H groups in total. The first kappa shape index (κ1) is 15.3. The highest BCUT2D eigenvalue weighted by molar-refractivity contribution is 5.91. The van der Waals surface area contributed by atoms with Crippen LogP contribution in [0.5, 0.6) is 0 Å². The predicted octanol–water partition coefficient (Wildman–Crippen LogP) is 2.21. The van der Waals surface area contributed by atoms with E-state index >= 15 is 0 Å². The van der Waals surface area contributed by atoms with Crippen molar-refractivity contribution in [2.45, 2.75) is 24.7 Å². The summed E-state index contributed by atoms with van der Waals surface area (Å²) in [4.78, 5) is 14.9. The van der Waals surface area contributed by atoms with E-state index in [4.69, 9.17) is 0 Å². The van der Waals surface area contributed by atoms with Gasteiger partial charge in [-0.25, -0.2) is 0 Å². The predicted molar refractivity (Wildman–Crippen MR) is 83.2 cm³/mol. The summed E-state index contributed by atoms with van der Waals surface area (Å²) in [6.45, 7) is 2.87. The molecule has 1 aromatic rings. The lowest BCUT2D eigenvalue weighted by Crippen LogP contribution is -2.38. The molecule has 1 amide bonds. The Morgan fingerprint density at radius 2 is 2.05 bits per heavy atom. The van der Waals surface area contributed by atoms with Crippen LogP contribution in [0, 0.1) is 5.92 Å². The Kier molecular flexibility index (Phi) is 4.71. The van der Waals surface area contributed by atoms with Gasteiger partial charge in [-0.05, 0) is 44.3 Å². The maximum Gasteiger partial charge on any atom is 0.233 e. The number of likely N-dealkylation sites (tertiary alicyclic amines) is 1. The second kappa shape index (κ2) is 6.15. The first-order valence-electron chi connectivity index (χ1n) is 7.26. The molecular formula is C16H23ClN2O. The zero-order valence-corrected chi connectivity index (χ0v) is 12.8. The van der Waals surface area contributed by atoms with Crippen LogP contribution in [-0.4, -0.2) is 37.5 Å². The minimum absolute atomic E-state index is 0. The molecule has 3 rings (SSSR count). The van der Waals surface area contributed by atoms with Gasteiger partial charge in [-0.3, -0.25) is 4.79 Å². The van der Waals surface area contributed by atoms with Crippen LogP contribution in [0.3, 0.4) is 0 Å². The molecule has 1 saturated heterocycles. The molecule has 2 aliphatic rings. The standard InChI is InChI=1S/C16H22N2O.ClH/c1-17-11-13-7-10-18(12-13)15(19)16(8-9-16)14-5-3-2-4-6-14;/h2-6,13,17H,7-12H2,1H3;1H. The summed E-state index contributed by atoms with van der Waals surface area (Å²) in [5.74, 6) is 0.984. The monoisotopic (exact) mass is 294 g/mol. The van der Waals surface area contributed by atoms with Gasteiger partial charge in [0, 0.05) is 13.1 Å². The molecule has 0 radical (unpaired) electrons. The maximum atomic E-state index is 12.8. The van der Waals surface area contributed by atoms with E-state index in [1.165, 1.54) is 5.56 Å². The van der Waals surface area contributed by atoms with Crippen molar-refractivity contribution in [3.63, 3.8) is 0 Å². The lowest BCUT2D eigenvalue weighted by molar-refractivity contribution is -0.133. The third kappa shape index (κ3) is 2.70. The Hall–Kier alpha value is -1.06. The summed E-state index contributed by atoms with van der Waals surface area (Å²) in [5, 5.41) is 3.22. The van der Waals surface area contributed by atoms with Crippen molar-refractivity contribution in [1.82, 2.24) is 10.2 Å². The third-order valence-corrected chi connectivity index (χ3v) is 4.55. The normalized spacial score (nSPS) is 23.2. The highest BCUT2D eigenvalue weighted by Gasteiger charge is 2.53. The lowest BCUT2D eigenvalue weighted by Gasteiger charge is -2.23. The van der Waals surface area contributed by atoms with Crippen LogP contribution < -0.4 is 5.32 Å². The van der Waals surface area contributed by atoms with E-state index in [9.17, 15) is 4.79 Å². The number of halogens is 1. The molecule has 1 saturated carbocycles. The molecule has 1 heterocycles. The van der Waals surface area contributed by atoms with Crippen molar-refractivity contribution < 1.29 is 4.79 Å². The van der Waals surface area contributed by atoms with Gasteiger partial charge in [-0.2, -0.15) is 0 Å². The van der Waals surface area contributed by atoms with Gasteiger partial charge in [0.05, 0.1) is 5.41 Å². The van der Waals surface area contributed by atoms with Crippen molar-refractivity contribution in [1.29, 1.82) is 0 Å². The molecule has 0 spiro atoms. The Balaban J connectivity index is 0.00000147. The number of carbonyl (C=O) groups is 1. The van der Waals surface area contributed by atoms with E-state index in [1.807, 2.05) is 25.2 Å². The first-order valence-corrected chi connectivity index (χ1v) is 7.26. The van der Waals surface area contributed by atoms with Crippen LogP contribution in [0.25, 0.3) is 0 Å². The minimum atomic E-state index is -0.185. The average molecular weight is 295 g/mol. The summed E-state index contributed by atoms with van der Waals surface area (Å²) in [5.41, 5.74) is 1.02. The quantitative estimate of drug-likeness (QED) is 0.923. The highest BCUT2D eigenvalue weighted by Crippen LogP contribution is 2.50. The summed E-state index contributed by atoms with van der Waals surface area (Å²) in [6, 6.07) is 10.3. The van der Waals surface area contributed by atoms with E-state index in [1.54, 1.807) is 0 Å². The summed E-state index contributed by atoms with van der Waals surface area (Å²) < 4.78 is 0. The number of hydrogen-bond acceptors (Lipinski definition) is 2. The van der Waals surface area contributed by atoms with E-state index in [2.05, 4.69) is 22.3 Å². The molecule has 20 heavy (non-hydrogen) atoms. The Morgan fingerprint density at radius 3 is 2.65 bits per heavy atom. The third-order valence-electron chi connectivity index (χ3n) is 4.55. The molecule has 1 aliphatic heterocycles. The van der Waals surface area contributed by atoms with Crippen LogP contribution in [0.15, 0.2) is 30.3 Å². The number of benzene rings is 1. The van der Waals surface area contributed by atoms with Gasteiger partial charge in [-0.1, -0.05) is 30.3 Å². The largest absolute Gasteiger partial charge is 0.342 e. The van der Waals surface area contributed by atoms with E-state index in [0.717, 1.165) is 38.9 Å². The van der Waals surface area contributed by atoms with Gasteiger partial charge in [0.15, 0.2) is 0 Å². The molecular weight excluding hydrogens is 272 g/mol. The van der Waals surface area contributed by atoms with Gasteiger partial charge >= 0.3 is 0 Å². The maximum absolute atomic E-state index is 12.8. The molecule has 110 valence electrons. The smallest absolute Gasteiger partial charge is 0.233 e. The molecule has 1 aliphatic carbocycles. The van der Waals surface area contributed by atoms with Crippen molar-refractivity contribution >= 4 is 18.3 Å². The Labute approximate surface area is 127 Å². The molecule has 1 aromatic carbocycles. The van der Waals surface area contributed by atoms with Crippen LogP contribution in [0.1, 0.15) is 24.8 Å².